The molecule has 0 aliphatic carbocycles. The van der Waals surface area contributed by atoms with Gasteiger partial charge in [0.25, 0.3) is 5.91 Å². The van der Waals surface area contributed by atoms with Crippen LogP contribution in [0, 0.1) is 17.1 Å². The molecule has 8 nitrogen and oxygen atoms in total. The van der Waals surface area contributed by atoms with Gasteiger partial charge in [-0.05, 0) is 30.3 Å². The van der Waals surface area contributed by atoms with Crippen molar-refractivity contribution in [2.75, 3.05) is 7.11 Å². The Balaban J connectivity index is 1.70. The fraction of sp³-hybridized carbons (Fsp3) is 0.111. The molecule has 3 aromatic carbocycles. The number of benzene rings is 3. The van der Waals surface area contributed by atoms with E-state index in [1.807, 2.05) is 19.2 Å². The van der Waals surface area contributed by atoms with Crippen molar-refractivity contribution in [2.24, 2.45) is 12.8 Å². The third kappa shape index (κ3) is 3.95. The predicted octanol–water partition coefficient (Wildman–Crippen LogP) is 4.41. The molecule has 0 bridgehead atoms. The maximum Gasteiger partial charge on any atom is 0.263 e. The topological polar surface area (TPSA) is 116 Å². The average Bonchev–Trinajstić information content (AvgIpc) is 3.24. The fourth-order valence-electron chi connectivity index (χ4n) is 4.15. The molecule has 9 heteroatoms. The van der Waals surface area contributed by atoms with E-state index in [9.17, 15) is 9.18 Å². The van der Waals surface area contributed by atoms with E-state index in [1.54, 1.807) is 35.1 Å². The molecule has 0 saturated carbocycles. The Kier molecular flexibility index (Phi) is 5.70. The second kappa shape index (κ2) is 9.00. The van der Waals surface area contributed by atoms with E-state index < -0.39 is 17.8 Å². The largest absolute Gasteiger partial charge is 0.493 e. The molecule has 2 aromatic heterocycles. The van der Waals surface area contributed by atoms with Gasteiger partial charge in [-0.15, -0.1) is 0 Å². The summed E-state index contributed by atoms with van der Waals surface area (Å²) in [7, 11) is 3.30. The minimum Gasteiger partial charge on any atom is -0.493 e. The summed E-state index contributed by atoms with van der Waals surface area (Å²) in [6, 6.07) is 18.1. The van der Waals surface area contributed by atoms with Gasteiger partial charge in [-0.2, -0.15) is 10.4 Å². The van der Waals surface area contributed by atoms with Gasteiger partial charge in [0.1, 0.15) is 11.5 Å². The number of methoxy groups -OCH3 is 1. The van der Waals surface area contributed by atoms with Crippen molar-refractivity contribution >= 4 is 27.7 Å². The van der Waals surface area contributed by atoms with Gasteiger partial charge in [-0.25, -0.2) is 4.39 Å². The lowest BCUT2D eigenvalue weighted by Gasteiger charge is -2.19. The third-order valence-corrected chi connectivity index (χ3v) is 5.93. The number of nitriles is 1. The number of nitrogens with zero attached hydrogens (tertiary/aromatic N) is 4. The molecule has 0 spiro atoms. The molecular formula is C27H20FN5O3. The molecule has 0 unspecified atom stereocenters. The van der Waals surface area contributed by atoms with Gasteiger partial charge in [0, 0.05) is 35.0 Å². The number of nitrogens with two attached hydrogens (primary N) is 1. The van der Waals surface area contributed by atoms with Crippen LogP contribution in [-0.4, -0.2) is 27.8 Å². The number of hydrogen-bond donors (Lipinski definition) is 1. The molecular weight excluding hydrogens is 461 g/mol. The lowest BCUT2D eigenvalue weighted by Crippen LogP contribution is -2.26. The lowest BCUT2D eigenvalue weighted by atomic mass is 10.0. The van der Waals surface area contributed by atoms with Gasteiger partial charge in [-0.1, -0.05) is 24.3 Å². The Bertz CT molecular complexity index is 1650. The molecule has 36 heavy (non-hydrogen) atoms. The van der Waals surface area contributed by atoms with Gasteiger partial charge >= 0.3 is 0 Å². The van der Waals surface area contributed by atoms with Crippen LogP contribution >= 0.6 is 0 Å². The van der Waals surface area contributed by atoms with Crippen LogP contribution in [0.25, 0.3) is 33.1 Å². The first-order valence-electron chi connectivity index (χ1n) is 10.9. The Hall–Kier alpha value is -4.97. The molecule has 1 amide bonds. The van der Waals surface area contributed by atoms with Crippen LogP contribution in [0.5, 0.6) is 11.5 Å². The Morgan fingerprint density at radius 2 is 1.83 bits per heavy atom. The molecule has 0 saturated heterocycles. The number of hydrogen-bond acceptors (Lipinski definition) is 6. The SMILES string of the molecule is COc1cc2ncc3c(c(-c4ccc(C#N)cc4)nn3C)c2cc1O[C@H](C(N)=O)c1ccc(F)cc1. The number of pyridine rings is 1. The summed E-state index contributed by atoms with van der Waals surface area (Å²) in [5.74, 6) is -0.557. The number of amides is 1. The molecule has 1 atom stereocenters. The average molecular weight is 481 g/mol. The zero-order valence-electron chi connectivity index (χ0n) is 19.4. The summed E-state index contributed by atoms with van der Waals surface area (Å²) in [6.07, 6.45) is 0.554. The maximum absolute atomic E-state index is 13.4. The number of fused-ring (bicyclic) bond motifs is 3. The van der Waals surface area contributed by atoms with E-state index in [0.717, 1.165) is 21.9 Å². The van der Waals surface area contributed by atoms with E-state index in [4.69, 9.17) is 25.6 Å². The Labute approximate surface area is 205 Å². The summed E-state index contributed by atoms with van der Waals surface area (Å²) in [6.45, 7) is 0. The van der Waals surface area contributed by atoms with Crippen LogP contribution in [-0.2, 0) is 11.8 Å². The molecule has 2 heterocycles. The van der Waals surface area contributed by atoms with Gasteiger partial charge in [0.15, 0.2) is 11.5 Å². The maximum atomic E-state index is 13.4. The van der Waals surface area contributed by atoms with Crippen molar-refractivity contribution in [3.05, 3.63) is 83.8 Å². The Morgan fingerprint density at radius 3 is 2.47 bits per heavy atom. The molecule has 0 aliphatic rings. The summed E-state index contributed by atoms with van der Waals surface area (Å²) in [5, 5.41) is 15.4. The molecule has 5 aromatic rings. The standard InChI is InChI=1S/C27H20FN5O3/c1-33-21-14-31-20-12-22(35-2)23(36-26(27(30)34)17-7-9-18(28)10-8-17)11-19(20)24(21)25(32-33)16-5-3-15(13-29)4-6-16/h3-12,14,26H,1-2H3,(H2,30,34)/t26-/m0/s1. The number of carbonyl (C=O) groups excluding carboxylic acids is 1. The third-order valence-electron chi connectivity index (χ3n) is 5.93. The first kappa shape index (κ1) is 22.8. The van der Waals surface area contributed by atoms with Crippen molar-refractivity contribution in [3.8, 4) is 28.8 Å². The molecule has 178 valence electrons. The van der Waals surface area contributed by atoms with Crippen LogP contribution < -0.4 is 15.2 Å². The number of carbonyl (C=O) groups is 1. The van der Waals surface area contributed by atoms with E-state index in [2.05, 4.69) is 11.1 Å². The van der Waals surface area contributed by atoms with E-state index in [-0.39, 0.29) is 5.75 Å². The van der Waals surface area contributed by atoms with Crippen molar-refractivity contribution in [1.82, 2.24) is 14.8 Å². The van der Waals surface area contributed by atoms with Gasteiger partial charge in [0.05, 0.1) is 36.0 Å². The molecule has 0 fully saturated rings. The number of halogens is 1. The molecule has 2 N–H and O–H groups in total. The number of aryl methyl sites for hydroxylation is 1. The summed E-state index contributed by atoms with van der Waals surface area (Å²) in [5.41, 5.74) is 9.52. The van der Waals surface area contributed by atoms with Crippen molar-refractivity contribution in [3.63, 3.8) is 0 Å². The van der Waals surface area contributed by atoms with Crippen LogP contribution in [0.15, 0.2) is 66.9 Å². The summed E-state index contributed by atoms with van der Waals surface area (Å²) < 4.78 is 26.7. The Morgan fingerprint density at radius 1 is 1.11 bits per heavy atom. The number of rotatable bonds is 6. The minimum absolute atomic E-state index is 0.266. The van der Waals surface area contributed by atoms with E-state index >= 15 is 0 Å². The second-order valence-corrected chi connectivity index (χ2v) is 8.15. The quantitative estimate of drug-likeness (QED) is 0.384. The summed E-state index contributed by atoms with van der Waals surface area (Å²) in [4.78, 5) is 16.8. The predicted molar refractivity (Wildman–Crippen MR) is 132 cm³/mol. The van der Waals surface area contributed by atoms with Crippen molar-refractivity contribution < 1.29 is 18.7 Å². The molecule has 0 radical (unpaired) electrons. The zero-order chi connectivity index (χ0) is 25.4. The fourth-order valence-corrected chi connectivity index (χ4v) is 4.15. The highest BCUT2D eigenvalue weighted by Gasteiger charge is 2.24. The van der Waals surface area contributed by atoms with E-state index in [1.165, 1.54) is 31.4 Å². The van der Waals surface area contributed by atoms with Crippen molar-refractivity contribution in [2.45, 2.75) is 6.10 Å². The first-order chi connectivity index (χ1) is 17.4. The number of ether oxygens (including phenoxy) is 2. The zero-order valence-corrected chi connectivity index (χ0v) is 19.4. The van der Waals surface area contributed by atoms with E-state index in [0.29, 0.717) is 28.1 Å². The molecule has 0 aliphatic heterocycles. The number of primary amides is 1. The first-order valence-corrected chi connectivity index (χ1v) is 10.9. The monoisotopic (exact) mass is 481 g/mol. The lowest BCUT2D eigenvalue weighted by molar-refractivity contribution is -0.125. The van der Waals surface area contributed by atoms with Crippen LogP contribution in [0.4, 0.5) is 4.39 Å². The highest BCUT2D eigenvalue weighted by molar-refractivity contribution is 6.12. The van der Waals surface area contributed by atoms with Crippen LogP contribution in [0.1, 0.15) is 17.2 Å². The van der Waals surface area contributed by atoms with Crippen LogP contribution in [0.2, 0.25) is 0 Å². The van der Waals surface area contributed by atoms with Crippen molar-refractivity contribution in [1.29, 1.82) is 5.26 Å². The second-order valence-electron chi connectivity index (χ2n) is 8.15. The normalized spacial score (nSPS) is 11.8. The van der Waals surface area contributed by atoms with Gasteiger partial charge in [-0.3, -0.25) is 14.5 Å². The van der Waals surface area contributed by atoms with Gasteiger partial charge in [0.2, 0.25) is 6.10 Å². The smallest absolute Gasteiger partial charge is 0.263 e. The molecule has 5 rings (SSSR count). The minimum atomic E-state index is -1.17. The van der Waals surface area contributed by atoms with Gasteiger partial charge < -0.3 is 15.2 Å². The van der Waals surface area contributed by atoms with Crippen LogP contribution in [0.3, 0.4) is 0 Å². The summed E-state index contributed by atoms with van der Waals surface area (Å²) >= 11 is 0. The highest BCUT2D eigenvalue weighted by atomic mass is 19.1. The highest BCUT2D eigenvalue weighted by Crippen LogP contribution is 2.40. The number of aromatic nitrogens is 3.